The summed E-state index contributed by atoms with van der Waals surface area (Å²) >= 11 is 6.36. The molecule has 0 saturated heterocycles. The summed E-state index contributed by atoms with van der Waals surface area (Å²) in [5, 5.41) is 5.95. The van der Waals surface area contributed by atoms with Crippen molar-refractivity contribution in [2.45, 2.75) is 78.2 Å². The topological polar surface area (TPSA) is 34.9 Å². The van der Waals surface area contributed by atoms with E-state index in [4.69, 9.17) is 11.6 Å². The van der Waals surface area contributed by atoms with Crippen molar-refractivity contribution in [3.8, 4) is 0 Å². The second kappa shape index (κ2) is 7.86. The standard InChI is InChI=1S/C28H37ClN2O/c1-17-7-9-19-18(15-17)8-10-21-20(19)13-14-28(2)23(21)11-12-24(28)26(32)16-31-25-6-4-3-5-22(25)27(29)30-31/h3-6,17-21,23-24H,7-16H2,1-2H3. The number of carbonyl (C=O) groups is 1. The molecule has 4 aliphatic carbocycles. The van der Waals surface area contributed by atoms with Crippen LogP contribution in [0.25, 0.3) is 10.9 Å². The molecule has 0 amide bonds. The average molecular weight is 453 g/mol. The van der Waals surface area contributed by atoms with Crippen LogP contribution in [-0.4, -0.2) is 15.6 Å². The van der Waals surface area contributed by atoms with E-state index >= 15 is 0 Å². The van der Waals surface area contributed by atoms with Crippen LogP contribution >= 0.6 is 11.6 Å². The summed E-state index contributed by atoms with van der Waals surface area (Å²) in [7, 11) is 0. The fraction of sp³-hybridized carbons (Fsp3) is 0.714. The first kappa shape index (κ1) is 21.2. The van der Waals surface area contributed by atoms with E-state index in [1.54, 1.807) is 0 Å². The summed E-state index contributed by atoms with van der Waals surface area (Å²) in [5.41, 5.74) is 1.15. The van der Waals surface area contributed by atoms with Crippen molar-refractivity contribution >= 4 is 28.3 Å². The second-order valence-corrected chi connectivity index (χ2v) is 12.3. The molecule has 1 heterocycles. The number of Topliss-reactive ketones (excluding diaryl/α,β-unsaturated/α-hetero) is 1. The quantitative estimate of drug-likeness (QED) is 0.494. The van der Waals surface area contributed by atoms with Crippen molar-refractivity contribution < 1.29 is 4.79 Å². The number of benzene rings is 1. The molecule has 6 rings (SSSR count). The maximum absolute atomic E-state index is 13.6. The number of nitrogens with zero attached hydrogens (tertiary/aromatic N) is 2. The molecule has 2 aromatic rings. The summed E-state index contributed by atoms with van der Waals surface area (Å²) in [5.74, 6) is 5.99. The molecule has 4 aliphatic rings. The third-order valence-electron chi connectivity index (χ3n) is 10.5. The Balaban J connectivity index is 1.21. The minimum absolute atomic E-state index is 0.180. The zero-order chi connectivity index (χ0) is 22.0. The SMILES string of the molecule is CC1CCC2C(CCC3C2CCC2(C)C(C(=O)Cn4nc(Cl)c5ccccc54)CCC32)C1. The van der Waals surface area contributed by atoms with Crippen LogP contribution in [0.3, 0.4) is 0 Å². The number of fused-ring (bicyclic) bond motifs is 6. The number of aromatic nitrogens is 2. The van der Waals surface area contributed by atoms with Crippen molar-refractivity contribution in [3.05, 3.63) is 29.4 Å². The zero-order valence-corrected chi connectivity index (χ0v) is 20.4. The summed E-state index contributed by atoms with van der Waals surface area (Å²) in [4.78, 5) is 13.6. The fourth-order valence-electron chi connectivity index (χ4n) is 9.08. The maximum Gasteiger partial charge on any atom is 0.158 e. The van der Waals surface area contributed by atoms with Crippen LogP contribution in [-0.2, 0) is 11.3 Å². The van der Waals surface area contributed by atoms with Gasteiger partial charge in [-0.25, -0.2) is 0 Å². The molecule has 8 unspecified atom stereocenters. The third-order valence-corrected chi connectivity index (χ3v) is 10.8. The zero-order valence-electron chi connectivity index (χ0n) is 19.6. The molecule has 1 aromatic carbocycles. The molecule has 0 aliphatic heterocycles. The molecule has 8 atom stereocenters. The van der Waals surface area contributed by atoms with Crippen molar-refractivity contribution in [1.82, 2.24) is 9.78 Å². The van der Waals surface area contributed by atoms with Gasteiger partial charge in [0, 0.05) is 11.3 Å². The Morgan fingerprint density at radius 2 is 1.88 bits per heavy atom. The summed E-state index contributed by atoms with van der Waals surface area (Å²) in [6, 6.07) is 7.99. The molecular formula is C28H37ClN2O. The molecule has 0 radical (unpaired) electrons. The molecule has 4 saturated carbocycles. The van der Waals surface area contributed by atoms with Crippen molar-refractivity contribution in [2.75, 3.05) is 0 Å². The summed E-state index contributed by atoms with van der Waals surface area (Å²) in [6.45, 7) is 5.28. The van der Waals surface area contributed by atoms with E-state index in [0.29, 0.717) is 17.5 Å². The highest BCUT2D eigenvalue weighted by Gasteiger charge is 2.58. The number of hydrogen-bond acceptors (Lipinski definition) is 2. The van der Waals surface area contributed by atoms with Gasteiger partial charge in [-0.15, -0.1) is 0 Å². The monoisotopic (exact) mass is 452 g/mol. The van der Waals surface area contributed by atoms with Gasteiger partial charge in [-0.1, -0.05) is 44.0 Å². The first-order chi connectivity index (χ1) is 15.5. The lowest BCUT2D eigenvalue weighted by atomic mass is 9.49. The van der Waals surface area contributed by atoms with Crippen LogP contribution in [0.1, 0.15) is 71.6 Å². The van der Waals surface area contributed by atoms with Gasteiger partial charge in [-0.2, -0.15) is 5.10 Å². The van der Waals surface area contributed by atoms with E-state index in [0.717, 1.165) is 52.8 Å². The first-order valence-electron chi connectivity index (χ1n) is 13.1. The normalized spacial score (nSPS) is 41.2. The minimum atomic E-state index is 0.180. The molecule has 0 N–H and O–H groups in total. The average Bonchev–Trinajstić information content (AvgIpc) is 3.30. The highest BCUT2D eigenvalue weighted by molar-refractivity contribution is 6.34. The smallest absolute Gasteiger partial charge is 0.158 e. The van der Waals surface area contributed by atoms with Gasteiger partial charge < -0.3 is 0 Å². The van der Waals surface area contributed by atoms with Crippen LogP contribution in [0.15, 0.2) is 24.3 Å². The van der Waals surface area contributed by atoms with E-state index < -0.39 is 0 Å². The number of ketones is 1. The highest BCUT2D eigenvalue weighted by atomic mass is 35.5. The third kappa shape index (κ3) is 3.21. The molecule has 1 aromatic heterocycles. The van der Waals surface area contributed by atoms with Gasteiger partial charge in [0.25, 0.3) is 0 Å². The summed E-state index contributed by atoms with van der Waals surface area (Å²) in [6.07, 6.45) is 12.2. The summed E-state index contributed by atoms with van der Waals surface area (Å²) < 4.78 is 1.84. The van der Waals surface area contributed by atoms with E-state index in [1.807, 2.05) is 28.9 Å². The molecular weight excluding hydrogens is 416 g/mol. The number of halogens is 1. The van der Waals surface area contributed by atoms with Gasteiger partial charge in [0.15, 0.2) is 10.9 Å². The molecule has 0 spiro atoms. The molecule has 32 heavy (non-hydrogen) atoms. The predicted octanol–water partition coefficient (Wildman–Crippen LogP) is 7.16. The highest BCUT2D eigenvalue weighted by Crippen LogP contribution is 2.64. The van der Waals surface area contributed by atoms with E-state index in [-0.39, 0.29) is 11.3 Å². The van der Waals surface area contributed by atoms with Gasteiger partial charge >= 0.3 is 0 Å². The van der Waals surface area contributed by atoms with Gasteiger partial charge in [-0.05, 0) is 104 Å². The Morgan fingerprint density at radius 1 is 1.06 bits per heavy atom. The molecule has 4 fully saturated rings. The van der Waals surface area contributed by atoms with Crippen LogP contribution < -0.4 is 0 Å². The van der Waals surface area contributed by atoms with Gasteiger partial charge in [-0.3, -0.25) is 9.48 Å². The molecule has 3 nitrogen and oxygen atoms in total. The molecule has 172 valence electrons. The number of carbonyl (C=O) groups excluding carboxylic acids is 1. The number of hydrogen-bond donors (Lipinski definition) is 0. The van der Waals surface area contributed by atoms with E-state index in [9.17, 15) is 4.79 Å². The Kier molecular flexibility index (Phi) is 5.21. The lowest BCUT2D eigenvalue weighted by molar-refractivity contribution is -0.131. The minimum Gasteiger partial charge on any atom is -0.297 e. The largest absolute Gasteiger partial charge is 0.297 e. The number of rotatable bonds is 3. The van der Waals surface area contributed by atoms with Crippen LogP contribution in [0.4, 0.5) is 0 Å². The first-order valence-corrected chi connectivity index (χ1v) is 13.5. The van der Waals surface area contributed by atoms with Gasteiger partial charge in [0.05, 0.1) is 5.52 Å². The van der Waals surface area contributed by atoms with Crippen molar-refractivity contribution in [3.63, 3.8) is 0 Å². The Hall–Kier alpha value is -1.35. The van der Waals surface area contributed by atoms with Crippen LogP contribution in [0, 0.1) is 46.8 Å². The number of para-hydroxylation sites is 1. The van der Waals surface area contributed by atoms with Crippen molar-refractivity contribution in [1.29, 1.82) is 0 Å². The van der Waals surface area contributed by atoms with Crippen LogP contribution in [0.2, 0.25) is 5.15 Å². The maximum atomic E-state index is 13.6. The fourth-order valence-corrected chi connectivity index (χ4v) is 9.33. The van der Waals surface area contributed by atoms with Crippen molar-refractivity contribution in [2.24, 2.45) is 46.8 Å². The Bertz CT molecular complexity index is 1030. The molecule has 0 bridgehead atoms. The Morgan fingerprint density at radius 3 is 2.75 bits per heavy atom. The Labute approximate surface area is 197 Å². The predicted molar refractivity (Wildman–Crippen MR) is 130 cm³/mol. The van der Waals surface area contributed by atoms with Gasteiger partial charge in [0.2, 0.25) is 0 Å². The van der Waals surface area contributed by atoms with E-state index in [2.05, 4.69) is 18.9 Å². The lowest BCUT2D eigenvalue weighted by Gasteiger charge is -2.56. The second-order valence-electron chi connectivity index (χ2n) is 12.0. The lowest BCUT2D eigenvalue weighted by Crippen LogP contribution is -2.49. The van der Waals surface area contributed by atoms with Crippen LogP contribution in [0.5, 0.6) is 0 Å². The molecule has 4 heteroatoms. The van der Waals surface area contributed by atoms with E-state index in [1.165, 1.54) is 51.4 Å². The van der Waals surface area contributed by atoms with Gasteiger partial charge in [0.1, 0.15) is 6.54 Å².